The number of rotatable bonds is 5. The Morgan fingerprint density at radius 2 is 2.17 bits per heavy atom. The Bertz CT molecular complexity index is 521. The second-order valence-electron chi connectivity index (χ2n) is 6.55. The number of amides is 1. The van der Waals surface area contributed by atoms with Gasteiger partial charge in [-0.3, -0.25) is 4.79 Å². The summed E-state index contributed by atoms with van der Waals surface area (Å²) in [6.45, 7) is 5.03. The molecule has 2 fully saturated rings. The van der Waals surface area contributed by atoms with Crippen LogP contribution < -0.4 is 15.5 Å². The highest BCUT2D eigenvalue weighted by molar-refractivity contribution is 5.77. The lowest BCUT2D eigenvalue weighted by Crippen LogP contribution is -2.46. The molecule has 3 rings (SSSR count). The molecule has 2 saturated heterocycles. The van der Waals surface area contributed by atoms with Crippen molar-refractivity contribution < 1.29 is 4.79 Å². The van der Waals surface area contributed by atoms with E-state index in [-0.39, 0.29) is 5.91 Å². The van der Waals surface area contributed by atoms with Gasteiger partial charge in [0, 0.05) is 43.4 Å². The lowest BCUT2D eigenvalue weighted by atomic mass is 10.0. The van der Waals surface area contributed by atoms with Crippen molar-refractivity contribution in [1.82, 2.24) is 20.6 Å². The molecule has 2 aliphatic rings. The standard InChI is InChI=1S/C17H27N5O/c1-2-13-10-16(20-12-19-13)22-8-5-14(6-9-22)21-17(23)11-15-4-3-7-18-15/h10,12,14-15,18H,2-9,11H2,1H3,(H,21,23). The van der Waals surface area contributed by atoms with Gasteiger partial charge in [0.2, 0.25) is 5.91 Å². The number of hydrogen-bond donors (Lipinski definition) is 2. The normalized spacial score (nSPS) is 22.3. The van der Waals surface area contributed by atoms with E-state index in [2.05, 4.69) is 38.5 Å². The summed E-state index contributed by atoms with van der Waals surface area (Å²) in [6.07, 6.45) is 7.47. The van der Waals surface area contributed by atoms with Gasteiger partial charge in [0.25, 0.3) is 0 Å². The number of anilines is 1. The minimum absolute atomic E-state index is 0.193. The quantitative estimate of drug-likeness (QED) is 0.856. The summed E-state index contributed by atoms with van der Waals surface area (Å²) in [5.74, 6) is 1.20. The van der Waals surface area contributed by atoms with Gasteiger partial charge in [0.15, 0.2) is 0 Å². The van der Waals surface area contributed by atoms with E-state index in [1.54, 1.807) is 6.33 Å². The highest BCUT2D eigenvalue weighted by Gasteiger charge is 2.23. The van der Waals surface area contributed by atoms with E-state index in [1.165, 1.54) is 6.42 Å². The molecule has 0 spiro atoms. The van der Waals surface area contributed by atoms with Gasteiger partial charge in [-0.15, -0.1) is 0 Å². The third kappa shape index (κ3) is 4.41. The fourth-order valence-corrected chi connectivity index (χ4v) is 3.45. The van der Waals surface area contributed by atoms with Crippen molar-refractivity contribution >= 4 is 11.7 Å². The van der Waals surface area contributed by atoms with Crippen molar-refractivity contribution in [2.45, 2.75) is 57.5 Å². The van der Waals surface area contributed by atoms with Crippen LogP contribution in [-0.4, -0.2) is 47.6 Å². The van der Waals surface area contributed by atoms with Gasteiger partial charge >= 0.3 is 0 Å². The Morgan fingerprint density at radius 3 is 2.87 bits per heavy atom. The Hall–Kier alpha value is -1.69. The molecule has 1 aromatic rings. The first-order valence-corrected chi connectivity index (χ1v) is 8.83. The van der Waals surface area contributed by atoms with Gasteiger partial charge in [0.05, 0.1) is 0 Å². The third-order valence-electron chi connectivity index (χ3n) is 4.85. The average molecular weight is 317 g/mol. The monoisotopic (exact) mass is 317 g/mol. The molecular weight excluding hydrogens is 290 g/mol. The highest BCUT2D eigenvalue weighted by atomic mass is 16.1. The van der Waals surface area contributed by atoms with Crippen molar-refractivity contribution in [1.29, 1.82) is 0 Å². The maximum absolute atomic E-state index is 12.1. The molecule has 1 aromatic heterocycles. The first-order chi connectivity index (χ1) is 11.2. The van der Waals surface area contributed by atoms with E-state index in [0.717, 1.165) is 56.8 Å². The van der Waals surface area contributed by atoms with E-state index >= 15 is 0 Å². The molecule has 1 amide bonds. The third-order valence-corrected chi connectivity index (χ3v) is 4.85. The predicted octanol–water partition coefficient (Wildman–Crippen LogP) is 1.27. The van der Waals surface area contributed by atoms with Crippen LogP contribution in [0.25, 0.3) is 0 Å². The van der Waals surface area contributed by atoms with Gasteiger partial charge < -0.3 is 15.5 Å². The molecule has 2 aliphatic heterocycles. The molecule has 0 aliphatic carbocycles. The van der Waals surface area contributed by atoms with Crippen LogP contribution in [0.15, 0.2) is 12.4 Å². The Morgan fingerprint density at radius 1 is 1.35 bits per heavy atom. The maximum Gasteiger partial charge on any atom is 0.221 e. The molecule has 1 unspecified atom stereocenters. The van der Waals surface area contributed by atoms with Crippen LogP contribution in [-0.2, 0) is 11.2 Å². The SMILES string of the molecule is CCc1cc(N2CCC(NC(=O)CC3CCCN3)CC2)ncn1. The molecule has 6 heteroatoms. The van der Waals surface area contributed by atoms with Crippen LogP contribution >= 0.6 is 0 Å². The molecule has 0 bridgehead atoms. The number of hydrogen-bond acceptors (Lipinski definition) is 5. The summed E-state index contributed by atoms with van der Waals surface area (Å²) in [4.78, 5) is 23.1. The topological polar surface area (TPSA) is 70.2 Å². The van der Waals surface area contributed by atoms with Crippen LogP contribution in [0.2, 0.25) is 0 Å². The van der Waals surface area contributed by atoms with Crippen molar-refractivity contribution in [2.75, 3.05) is 24.5 Å². The number of piperidine rings is 1. The summed E-state index contributed by atoms with van der Waals surface area (Å²) < 4.78 is 0. The fraction of sp³-hybridized carbons (Fsp3) is 0.706. The minimum Gasteiger partial charge on any atom is -0.356 e. The summed E-state index contributed by atoms with van der Waals surface area (Å²) in [5, 5.41) is 6.58. The van der Waals surface area contributed by atoms with Crippen LogP contribution in [0.1, 0.15) is 44.7 Å². The first kappa shape index (κ1) is 16.2. The molecule has 1 atom stereocenters. The number of aryl methyl sites for hydroxylation is 1. The number of carbonyl (C=O) groups is 1. The fourth-order valence-electron chi connectivity index (χ4n) is 3.45. The zero-order chi connectivity index (χ0) is 16.1. The van der Waals surface area contributed by atoms with Gasteiger partial charge in [-0.05, 0) is 38.6 Å². The zero-order valence-corrected chi connectivity index (χ0v) is 13.9. The number of aromatic nitrogens is 2. The van der Waals surface area contributed by atoms with E-state index < -0.39 is 0 Å². The van der Waals surface area contributed by atoms with E-state index in [1.807, 2.05) is 0 Å². The van der Waals surface area contributed by atoms with Gasteiger partial charge in [-0.25, -0.2) is 9.97 Å². The van der Waals surface area contributed by atoms with Crippen LogP contribution in [0.3, 0.4) is 0 Å². The van der Waals surface area contributed by atoms with E-state index in [9.17, 15) is 4.79 Å². The van der Waals surface area contributed by atoms with Crippen LogP contribution in [0.5, 0.6) is 0 Å². The molecule has 126 valence electrons. The molecule has 3 heterocycles. The Labute approximate surface area is 138 Å². The summed E-state index contributed by atoms with van der Waals surface area (Å²) in [6, 6.07) is 2.75. The highest BCUT2D eigenvalue weighted by Crippen LogP contribution is 2.18. The molecule has 23 heavy (non-hydrogen) atoms. The first-order valence-electron chi connectivity index (χ1n) is 8.83. The number of nitrogens with zero attached hydrogens (tertiary/aromatic N) is 3. The lowest BCUT2D eigenvalue weighted by Gasteiger charge is -2.33. The molecular formula is C17H27N5O. The van der Waals surface area contributed by atoms with Crippen molar-refractivity contribution in [3.8, 4) is 0 Å². The molecule has 0 aromatic carbocycles. The van der Waals surface area contributed by atoms with Crippen LogP contribution in [0, 0.1) is 0 Å². The lowest BCUT2D eigenvalue weighted by molar-refractivity contribution is -0.122. The van der Waals surface area contributed by atoms with E-state index in [4.69, 9.17) is 0 Å². The van der Waals surface area contributed by atoms with E-state index in [0.29, 0.717) is 18.5 Å². The maximum atomic E-state index is 12.1. The van der Waals surface area contributed by atoms with Crippen molar-refractivity contribution in [2.24, 2.45) is 0 Å². The van der Waals surface area contributed by atoms with Gasteiger partial charge in [0.1, 0.15) is 12.1 Å². The molecule has 6 nitrogen and oxygen atoms in total. The summed E-state index contributed by atoms with van der Waals surface area (Å²) in [5.41, 5.74) is 1.08. The average Bonchev–Trinajstić information content (AvgIpc) is 3.08. The summed E-state index contributed by atoms with van der Waals surface area (Å²) >= 11 is 0. The Kier molecular flexibility index (Phi) is 5.43. The largest absolute Gasteiger partial charge is 0.356 e. The second kappa shape index (κ2) is 7.73. The molecule has 0 radical (unpaired) electrons. The van der Waals surface area contributed by atoms with Gasteiger partial charge in [-0.2, -0.15) is 0 Å². The molecule has 0 saturated carbocycles. The van der Waals surface area contributed by atoms with Crippen LogP contribution in [0.4, 0.5) is 5.82 Å². The zero-order valence-electron chi connectivity index (χ0n) is 13.9. The van der Waals surface area contributed by atoms with Crippen molar-refractivity contribution in [3.05, 3.63) is 18.1 Å². The number of nitrogens with one attached hydrogen (secondary N) is 2. The predicted molar refractivity (Wildman–Crippen MR) is 90.4 cm³/mol. The van der Waals surface area contributed by atoms with Crippen molar-refractivity contribution in [3.63, 3.8) is 0 Å². The van der Waals surface area contributed by atoms with Gasteiger partial charge in [-0.1, -0.05) is 6.92 Å². The number of carbonyl (C=O) groups excluding carboxylic acids is 1. The molecule has 2 N–H and O–H groups in total. The minimum atomic E-state index is 0.193. The summed E-state index contributed by atoms with van der Waals surface area (Å²) in [7, 11) is 0. The second-order valence-corrected chi connectivity index (χ2v) is 6.55. The smallest absolute Gasteiger partial charge is 0.221 e. The Balaban J connectivity index is 1.45.